The van der Waals surface area contributed by atoms with Crippen molar-refractivity contribution in [2.45, 2.75) is 6.42 Å². The molecule has 1 aromatic rings. The lowest BCUT2D eigenvalue weighted by Crippen LogP contribution is -2.08. The second kappa shape index (κ2) is 4.55. The smallest absolute Gasteiger partial charge is 0.305 e. The van der Waals surface area contributed by atoms with Crippen molar-refractivity contribution in [2.75, 3.05) is 11.9 Å². The summed E-state index contributed by atoms with van der Waals surface area (Å²) >= 11 is 0. The molecule has 4 heteroatoms. The minimum Gasteiger partial charge on any atom is -0.481 e. The van der Waals surface area contributed by atoms with Crippen LogP contribution in [0.3, 0.4) is 0 Å². The number of aliphatic carboxylic acids is 1. The molecule has 3 nitrogen and oxygen atoms in total. The molecule has 0 atom stereocenters. The first-order chi connectivity index (χ1) is 6.18. The fourth-order valence-corrected chi connectivity index (χ4v) is 0.915. The number of hydrogen-bond acceptors (Lipinski definition) is 2. The monoisotopic (exact) mass is 175 g/mol. The quantitative estimate of drug-likeness (QED) is 0.649. The molecule has 0 saturated heterocycles. The molecular weight excluding hydrogens is 165 g/mol. The number of nitrogens with one attached hydrogen (secondary N) is 1. The third kappa shape index (κ3) is 3.65. The highest BCUT2D eigenvalue weighted by Crippen LogP contribution is 2.02. The number of benzene rings is 1. The van der Waals surface area contributed by atoms with Gasteiger partial charge in [0.15, 0.2) is 0 Å². The maximum Gasteiger partial charge on any atom is 0.305 e. The molecule has 0 bridgehead atoms. The largest absolute Gasteiger partial charge is 0.481 e. The molecule has 2 radical (unpaired) electrons. The lowest BCUT2D eigenvalue weighted by atomic mass is 9.96. The third-order valence-electron chi connectivity index (χ3n) is 1.58. The average molecular weight is 175 g/mol. The first-order valence-electron chi connectivity index (χ1n) is 3.99. The molecule has 2 N–H and O–H groups in total. The fourth-order valence-electron chi connectivity index (χ4n) is 0.915. The van der Waals surface area contributed by atoms with Crippen molar-refractivity contribution in [3.05, 3.63) is 24.3 Å². The van der Waals surface area contributed by atoms with E-state index in [0.29, 0.717) is 12.0 Å². The van der Waals surface area contributed by atoms with Gasteiger partial charge in [-0.1, -0.05) is 17.6 Å². The summed E-state index contributed by atoms with van der Waals surface area (Å²) in [7, 11) is 5.48. The Morgan fingerprint density at radius 3 is 2.54 bits per heavy atom. The Kier molecular flexibility index (Phi) is 3.37. The molecule has 0 saturated carbocycles. The van der Waals surface area contributed by atoms with Gasteiger partial charge in [0.25, 0.3) is 0 Å². The van der Waals surface area contributed by atoms with E-state index in [1.165, 1.54) is 0 Å². The van der Waals surface area contributed by atoms with Gasteiger partial charge in [0, 0.05) is 12.2 Å². The molecule has 0 aliphatic heterocycles. The number of carbonyl (C=O) groups is 1. The Labute approximate surface area is 78.2 Å². The van der Waals surface area contributed by atoms with Crippen molar-refractivity contribution in [1.82, 2.24) is 0 Å². The summed E-state index contributed by atoms with van der Waals surface area (Å²) in [5.74, 6) is -0.803. The van der Waals surface area contributed by atoms with E-state index in [1.807, 2.05) is 12.1 Å². The Morgan fingerprint density at radius 1 is 1.38 bits per heavy atom. The summed E-state index contributed by atoms with van der Waals surface area (Å²) in [5.41, 5.74) is 1.58. The number of rotatable bonds is 4. The van der Waals surface area contributed by atoms with Gasteiger partial charge in [0.1, 0.15) is 7.85 Å². The van der Waals surface area contributed by atoms with Crippen LogP contribution in [0, 0.1) is 0 Å². The van der Waals surface area contributed by atoms with Crippen LogP contribution in [0.2, 0.25) is 0 Å². The van der Waals surface area contributed by atoms with E-state index in [9.17, 15) is 4.79 Å². The maximum atomic E-state index is 10.2. The van der Waals surface area contributed by atoms with Crippen LogP contribution in [0.15, 0.2) is 24.3 Å². The molecular formula is C9H10BNO2. The molecule has 1 aromatic carbocycles. The van der Waals surface area contributed by atoms with Gasteiger partial charge in [0.2, 0.25) is 0 Å². The Bertz CT molecular complexity index is 284. The molecule has 1 rings (SSSR count). The molecule has 0 aliphatic rings. The summed E-state index contributed by atoms with van der Waals surface area (Å²) < 4.78 is 0. The van der Waals surface area contributed by atoms with E-state index in [4.69, 9.17) is 13.0 Å². The zero-order valence-corrected chi connectivity index (χ0v) is 7.16. The van der Waals surface area contributed by atoms with Crippen LogP contribution in [-0.4, -0.2) is 25.5 Å². The van der Waals surface area contributed by atoms with Crippen LogP contribution in [0.5, 0.6) is 0 Å². The van der Waals surface area contributed by atoms with Crippen molar-refractivity contribution < 1.29 is 9.90 Å². The van der Waals surface area contributed by atoms with E-state index >= 15 is 0 Å². The average Bonchev–Trinajstić information content (AvgIpc) is 2.08. The van der Waals surface area contributed by atoms with Crippen molar-refractivity contribution in [2.24, 2.45) is 0 Å². The van der Waals surface area contributed by atoms with Gasteiger partial charge in [-0.25, -0.2) is 0 Å². The SMILES string of the molecule is [B]c1ccc(NCCC(=O)O)cc1. The van der Waals surface area contributed by atoms with Gasteiger partial charge in [-0.2, -0.15) is 0 Å². The predicted molar refractivity (Wildman–Crippen MR) is 52.6 cm³/mol. The summed E-state index contributed by atoms with van der Waals surface area (Å²) in [6.45, 7) is 0.430. The predicted octanol–water partition coefficient (Wildman–Crippen LogP) is 0.367. The third-order valence-corrected chi connectivity index (χ3v) is 1.58. The fraction of sp³-hybridized carbons (Fsp3) is 0.222. The highest BCUT2D eigenvalue weighted by molar-refractivity contribution is 6.32. The highest BCUT2D eigenvalue weighted by atomic mass is 16.4. The standard InChI is InChI=1S/C9H10BNO2/c10-7-1-3-8(4-2-7)11-6-5-9(12)13/h1-4,11H,5-6H2,(H,12,13). The second-order valence-electron chi connectivity index (χ2n) is 2.69. The number of carboxylic acids is 1. The van der Waals surface area contributed by atoms with Crippen LogP contribution in [0.25, 0.3) is 0 Å². The van der Waals surface area contributed by atoms with Crippen molar-refractivity contribution in [1.29, 1.82) is 0 Å². The van der Waals surface area contributed by atoms with Crippen molar-refractivity contribution in [3.8, 4) is 0 Å². The number of anilines is 1. The minimum absolute atomic E-state index is 0.115. The zero-order valence-electron chi connectivity index (χ0n) is 7.16. The second-order valence-corrected chi connectivity index (χ2v) is 2.69. The Balaban J connectivity index is 2.37. The van der Waals surface area contributed by atoms with Crippen LogP contribution in [0.4, 0.5) is 5.69 Å². The van der Waals surface area contributed by atoms with Crippen LogP contribution >= 0.6 is 0 Å². The van der Waals surface area contributed by atoms with Gasteiger partial charge >= 0.3 is 5.97 Å². The first kappa shape index (κ1) is 9.64. The molecule has 66 valence electrons. The highest BCUT2D eigenvalue weighted by Gasteiger charge is 1.95. The Morgan fingerprint density at radius 2 is 2.00 bits per heavy atom. The summed E-state index contributed by atoms with van der Waals surface area (Å²) in [6, 6.07) is 7.17. The molecule has 0 aromatic heterocycles. The van der Waals surface area contributed by atoms with Crippen molar-refractivity contribution in [3.63, 3.8) is 0 Å². The van der Waals surface area contributed by atoms with E-state index in [1.54, 1.807) is 12.1 Å². The molecule has 0 amide bonds. The summed E-state index contributed by atoms with van der Waals surface area (Å²) in [4.78, 5) is 10.2. The number of carboxylic acid groups (broad SMARTS) is 1. The topological polar surface area (TPSA) is 49.3 Å². The first-order valence-corrected chi connectivity index (χ1v) is 3.99. The van der Waals surface area contributed by atoms with Crippen LogP contribution in [0.1, 0.15) is 6.42 Å². The zero-order chi connectivity index (χ0) is 9.68. The molecule has 0 heterocycles. The molecule has 0 aliphatic carbocycles. The van der Waals surface area contributed by atoms with E-state index in [2.05, 4.69) is 5.32 Å². The van der Waals surface area contributed by atoms with Crippen LogP contribution < -0.4 is 10.8 Å². The summed E-state index contributed by atoms with van der Waals surface area (Å²) in [5, 5.41) is 11.3. The molecule has 0 spiro atoms. The molecule has 0 fully saturated rings. The minimum atomic E-state index is -0.803. The summed E-state index contributed by atoms with van der Waals surface area (Å²) in [6.07, 6.45) is 0.115. The maximum absolute atomic E-state index is 10.2. The van der Waals surface area contributed by atoms with E-state index < -0.39 is 5.97 Å². The van der Waals surface area contributed by atoms with E-state index in [-0.39, 0.29) is 6.42 Å². The normalized spacial score (nSPS) is 9.54. The number of hydrogen-bond donors (Lipinski definition) is 2. The van der Waals surface area contributed by atoms with Gasteiger partial charge in [-0.05, 0) is 12.1 Å². The van der Waals surface area contributed by atoms with E-state index in [0.717, 1.165) is 5.69 Å². The van der Waals surface area contributed by atoms with Gasteiger partial charge in [-0.15, -0.1) is 0 Å². The molecule has 13 heavy (non-hydrogen) atoms. The molecule has 0 unspecified atom stereocenters. The lowest BCUT2D eigenvalue weighted by molar-refractivity contribution is -0.136. The van der Waals surface area contributed by atoms with Gasteiger partial charge in [0.05, 0.1) is 6.42 Å². The van der Waals surface area contributed by atoms with Gasteiger partial charge < -0.3 is 10.4 Å². The van der Waals surface area contributed by atoms with Crippen molar-refractivity contribution >= 4 is 25.0 Å². The van der Waals surface area contributed by atoms with Crippen LogP contribution in [-0.2, 0) is 4.79 Å². The lowest BCUT2D eigenvalue weighted by Gasteiger charge is -2.04. The Hall–Kier alpha value is -1.45. The van der Waals surface area contributed by atoms with Gasteiger partial charge in [-0.3, -0.25) is 4.79 Å².